The van der Waals surface area contributed by atoms with Crippen LogP contribution in [0.5, 0.6) is 0 Å². The molecule has 7 nitrogen and oxygen atoms in total. The summed E-state index contributed by atoms with van der Waals surface area (Å²) in [7, 11) is -4.13. The van der Waals surface area contributed by atoms with Crippen molar-refractivity contribution >= 4 is 50.7 Å². The summed E-state index contributed by atoms with van der Waals surface area (Å²) in [5.74, 6) is -0.878. The van der Waals surface area contributed by atoms with E-state index in [9.17, 15) is 18.0 Å². The molecule has 38 heavy (non-hydrogen) atoms. The third kappa shape index (κ3) is 7.28. The average molecular weight is 577 g/mol. The molecule has 3 rings (SSSR count). The Morgan fingerprint density at radius 3 is 2.08 bits per heavy atom. The van der Waals surface area contributed by atoms with Gasteiger partial charge in [0.15, 0.2) is 0 Å². The lowest BCUT2D eigenvalue weighted by Gasteiger charge is -2.33. The fourth-order valence-corrected chi connectivity index (χ4v) is 5.72. The van der Waals surface area contributed by atoms with Gasteiger partial charge in [-0.05, 0) is 68.3 Å². The van der Waals surface area contributed by atoms with Crippen molar-refractivity contribution in [1.29, 1.82) is 0 Å². The number of carbonyl (C=O) groups excluding carboxylic acids is 2. The predicted molar refractivity (Wildman–Crippen MR) is 152 cm³/mol. The topological polar surface area (TPSA) is 86.8 Å². The molecule has 2 amide bonds. The van der Waals surface area contributed by atoms with Gasteiger partial charge in [-0.3, -0.25) is 13.9 Å². The zero-order chi connectivity index (χ0) is 27.9. The number of nitrogens with zero attached hydrogens (tertiary/aromatic N) is 2. The van der Waals surface area contributed by atoms with E-state index in [0.29, 0.717) is 22.0 Å². The van der Waals surface area contributed by atoms with Crippen molar-refractivity contribution in [3.63, 3.8) is 0 Å². The normalized spacial score (nSPS) is 12.2. The molecule has 0 bridgehead atoms. The number of hydrogen-bond acceptors (Lipinski definition) is 4. The molecule has 0 spiro atoms. The Hall–Kier alpha value is -3.07. The lowest BCUT2D eigenvalue weighted by molar-refractivity contribution is -0.140. The minimum absolute atomic E-state index is 0.0301. The molecule has 0 aromatic heterocycles. The van der Waals surface area contributed by atoms with Crippen LogP contribution in [-0.4, -0.2) is 43.8 Å². The van der Waals surface area contributed by atoms with E-state index in [1.54, 1.807) is 61.5 Å². The first-order chi connectivity index (χ1) is 18.0. The van der Waals surface area contributed by atoms with Gasteiger partial charge in [0.2, 0.25) is 11.8 Å². The maximum Gasteiger partial charge on any atom is 0.264 e. The molecule has 10 heteroatoms. The van der Waals surface area contributed by atoms with Gasteiger partial charge in [0, 0.05) is 22.6 Å². The zero-order valence-corrected chi connectivity index (χ0v) is 23.8. The van der Waals surface area contributed by atoms with Gasteiger partial charge in [0.05, 0.1) is 10.6 Å². The van der Waals surface area contributed by atoms with E-state index in [1.807, 2.05) is 13.8 Å². The van der Waals surface area contributed by atoms with E-state index in [2.05, 4.69) is 5.32 Å². The van der Waals surface area contributed by atoms with Gasteiger partial charge in [-0.1, -0.05) is 66.5 Å². The lowest BCUT2D eigenvalue weighted by Crippen LogP contribution is -2.53. The molecule has 1 N–H and O–H groups in total. The molecule has 1 atom stereocenters. The van der Waals surface area contributed by atoms with Gasteiger partial charge in [-0.2, -0.15) is 0 Å². The van der Waals surface area contributed by atoms with Gasteiger partial charge in [0.1, 0.15) is 12.6 Å². The van der Waals surface area contributed by atoms with Crippen LogP contribution in [0.4, 0.5) is 5.69 Å². The average Bonchev–Trinajstić information content (AvgIpc) is 2.88. The summed E-state index contributed by atoms with van der Waals surface area (Å²) in [5.41, 5.74) is 0.909. The number of benzene rings is 3. The van der Waals surface area contributed by atoms with E-state index in [-0.39, 0.29) is 29.1 Å². The molecule has 0 aliphatic rings. The van der Waals surface area contributed by atoms with E-state index >= 15 is 0 Å². The second-order valence-corrected chi connectivity index (χ2v) is 11.7. The third-order valence-corrected chi connectivity index (χ3v) is 8.25. The largest absolute Gasteiger partial charge is 0.352 e. The van der Waals surface area contributed by atoms with E-state index in [1.165, 1.54) is 29.2 Å². The maximum absolute atomic E-state index is 13.9. The number of halogens is 2. The summed E-state index contributed by atoms with van der Waals surface area (Å²) in [5, 5.41) is 3.73. The zero-order valence-electron chi connectivity index (χ0n) is 21.5. The molecule has 3 aromatic rings. The van der Waals surface area contributed by atoms with E-state index in [4.69, 9.17) is 23.2 Å². The van der Waals surface area contributed by atoms with Crippen LogP contribution in [0.25, 0.3) is 0 Å². The summed E-state index contributed by atoms with van der Waals surface area (Å²) in [6.07, 6.45) is 0.321. The van der Waals surface area contributed by atoms with Crippen LogP contribution in [0.2, 0.25) is 10.0 Å². The first kappa shape index (κ1) is 29.5. The van der Waals surface area contributed by atoms with Crippen LogP contribution in [-0.2, 0) is 26.2 Å². The van der Waals surface area contributed by atoms with Crippen LogP contribution in [0.1, 0.15) is 32.8 Å². The molecule has 0 heterocycles. The molecular weight excluding hydrogens is 545 g/mol. The highest BCUT2D eigenvalue weighted by Gasteiger charge is 2.34. The fourth-order valence-electron chi connectivity index (χ4n) is 3.97. The molecule has 0 radical (unpaired) electrons. The Kier molecular flexibility index (Phi) is 10.2. The third-order valence-electron chi connectivity index (χ3n) is 5.84. The Labute approximate surface area is 234 Å². The number of nitrogens with one attached hydrogen (secondary N) is 1. The van der Waals surface area contributed by atoms with Crippen molar-refractivity contribution in [2.24, 2.45) is 0 Å². The Bertz CT molecular complexity index is 1350. The van der Waals surface area contributed by atoms with E-state index in [0.717, 1.165) is 4.31 Å². The molecular formula is C28H31Cl2N3O4S. The first-order valence-electron chi connectivity index (χ1n) is 12.2. The molecule has 0 saturated heterocycles. The Morgan fingerprint density at radius 2 is 1.50 bits per heavy atom. The van der Waals surface area contributed by atoms with E-state index < -0.39 is 28.5 Å². The number of rotatable bonds is 11. The van der Waals surface area contributed by atoms with Gasteiger partial charge in [-0.15, -0.1) is 0 Å². The minimum atomic E-state index is -4.13. The van der Waals surface area contributed by atoms with Crippen molar-refractivity contribution in [1.82, 2.24) is 10.2 Å². The summed E-state index contributed by atoms with van der Waals surface area (Å²) >= 11 is 12.4. The minimum Gasteiger partial charge on any atom is -0.352 e. The second-order valence-electron chi connectivity index (χ2n) is 9.00. The van der Waals surface area contributed by atoms with Gasteiger partial charge in [-0.25, -0.2) is 8.42 Å². The SMILES string of the molecule is CC[C@H](C(=O)NC(C)C)N(Cc1ccccc1Cl)C(=O)CN(c1ccc(Cl)cc1)S(=O)(=O)c1ccccc1. The summed E-state index contributed by atoms with van der Waals surface area (Å²) in [6, 6.07) is 20.1. The maximum atomic E-state index is 13.9. The molecule has 0 saturated carbocycles. The molecule has 0 unspecified atom stereocenters. The number of anilines is 1. The number of amides is 2. The highest BCUT2D eigenvalue weighted by atomic mass is 35.5. The fraction of sp³-hybridized carbons (Fsp3) is 0.286. The number of hydrogen-bond donors (Lipinski definition) is 1. The van der Waals surface area contributed by atoms with Crippen molar-refractivity contribution in [2.45, 2.75) is 50.7 Å². The van der Waals surface area contributed by atoms with Crippen LogP contribution in [0.15, 0.2) is 83.8 Å². The first-order valence-corrected chi connectivity index (χ1v) is 14.4. The Balaban J connectivity index is 2.06. The highest BCUT2D eigenvalue weighted by molar-refractivity contribution is 7.92. The monoisotopic (exact) mass is 575 g/mol. The molecule has 0 aliphatic carbocycles. The smallest absolute Gasteiger partial charge is 0.264 e. The number of carbonyl (C=O) groups is 2. The molecule has 0 aliphatic heterocycles. The Morgan fingerprint density at radius 1 is 0.895 bits per heavy atom. The summed E-state index contributed by atoms with van der Waals surface area (Å²) in [6.45, 7) is 4.96. The lowest BCUT2D eigenvalue weighted by atomic mass is 10.1. The molecule has 202 valence electrons. The van der Waals surface area contributed by atoms with Gasteiger partial charge < -0.3 is 10.2 Å². The predicted octanol–water partition coefficient (Wildman–Crippen LogP) is 5.52. The molecule has 0 fully saturated rings. The highest BCUT2D eigenvalue weighted by Crippen LogP contribution is 2.26. The quantitative estimate of drug-likeness (QED) is 0.326. The van der Waals surface area contributed by atoms with Crippen molar-refractivity contribution in [3.05, 3.63) is 94.5 Å². The van der Waals surface area contributed by atoms with Crippen LogP contribution in [0.3, 0.4) is 0 Å². The van der Waals surface area contributed by atoms with Crippen molar-refractivity contribution in [3.8, 4) is 0 Å². The van der Waals surface area contributed by atoms with Gasteiger partial charge >= 0.3 is 0 Å². The summed E-state index contributed by atoms with van der Waals surface area (Å²) in [4.78, 5) is 28.5. The van der Waals surface area contributed by atoms with Gasteiger partial charge in [0.25, 0.3) is 10.0 Å². The second kappa shape index (κ2) is 13.1. The number of sulfonamides is 1. The summed E-state index contributed by atoms with van der Waals surface area (Å²) < 4.78 is 28.5. The van der Waals surface area contributed by atoms with Crippen LogP contribution in [0, 0.1) is 0 Å². The standard InChI is InChI=1S/C28H31Cl2N3O4S/c1-4-26(28(35)31-20(2)3)32(18-21-10-8-9-13-25(21)30)27(34)19-33(23-16-14-22(29)15-17-23)38(36,37)24-11-6-5-7-12-24/h5-17,20,26H,4,18-19H2,1-3H3,(H,31,35)/t26-/m1/s1. The van der Waals surface area contributed by atoms with Crippen molar-refractivity contribution < 1.29 is 18.0 Å². The van der Waals surface area contributed by atoms with Crippen LogP contribution < -0.4 is 9.62 Å². The van der Waals surface area contributed by atoms with Crippen LogP contribution >= 0.6 is 23.2 Å². The van der Waals surface area contributed by atoms with Crippen molar-refractivity contribution in [2.75, 3.05) is 10.8 Å². The molecule has 3 aromatic carbocycles.